The third kappa shape index (κ3) is 4.75. The Labute approximate surface area is 152 Å². The molecule has 2 heterocycles. The number of sulfone groups is 1. The SMILES string of the molecule is O=C(/C=C/c1ccco1)OCC(=O)N(C1CCCC1)[C@H]1CCS(=O)(=O)C1. The number of amides is 1. The fourth-order valence-electron chi connectivity index (χ4n) is 3.67. The van der Waals surface area contributed by atoms with Crippen LogP contribution in [0.5, 0.6) is 0 Å². The molecule has 0 bridgehead atoms. The van der Waals surface area contributed by atoms with E-state index in [0.29, 0.717) is 12.2 Å². The molecule has 1 aromatic heterocycles. The van der Waals surface area contributed by atoms with E-state index in [2.05, 4.69) is 0 Å². The van der Waals surface area contributed by atoms with Crippen LogP contribution in [0.25, 0.3) is 6.08 Å². The molecule has 3 rings (SSSR count). The van der Waals surface area contributed by atoms with Crippen LogP contribution in [0.2, 0.25) is 0 Å². The fraction of sp³-hybridized carbons (Fsp3) is 0.556. The molecule has 26 heavy (non-hydrogen) atoms. The van der Waals surface area contributed by atoms with Crippen molar-refractivity contribution in [3.05, 3.63) is 30.2 Å². The van der Waals surface area contributed by atoms with Crippen molar-refractivity contribution in [2.45, 2.75) is 44.2 Å². The summed E-state index contributed by atoms with van der Waals surface area (Å²) >= 11 is 0. The van der Waals surface area contributed by atoms with Crippen LogP contribution in [0.4, 0.5) is 0 Å². The Kier molecular flexibility index (Phi) is 5.80. The molecule has 142 valence electrons. The summed E-state index contributed by atoms with van der Waals surface area (Å²) in [6.07, 6.45) is 8.40. The normalized spacial score (nSPS) is 22.7. The lowest BCUT2D eigenvalue weighted by atomic mass is 10.1. The van der Waals surface area contributed by atoms with Gasteiger partial charge in [0.15, 0.2) is 16.4 Å². The number of carbonyl (C=O) groups excluding carboxylic acids is 2. The standard InChI is InChI=1S/C18H23NO6S/c20-17(12-25-18(21)8-7-16-6-3-10-24-16)19(14-4-1-2-5-14)15-9-11-26(22,23)13-15/h3,6-8,10,14-15H,1-2,4-5,9,11-13H2/b8-7+/t15-/m0/s1. The van der Waals surface area contributed by atoms with Gasteiger partial charge in [-0.2, -0.15) is 0 Å². The molecule has 0 N–H and O–H groups in total. The molecule has 1 amide bonds. The van der Waals surface area contributed by atoms with Crippen LogP contribution in [0.1, 0.15) is 37.9 Å². The Morgan fingerprint density at radius 1 is 1.23 bits per heavy atom. The van der Waals surface area contributed by atoms with E-state index in [1.807, 2.05) is 0 Å². The predicted molar refractivity (Wildman–Crippen MR) is 94.9 cm³/mol. The minimum atomic E-state index is -3.09. The number of esters is 1. The number of hydrogen-bond donors (Lipinski definition) is 0. The van der Waals surface area contributed by atoms with E-state index in [4.69, 9.17) is 9.15 Å². The third-order valence-corrected chi connectivity index (χ3v) is 6.62. The first kappa shape index (κ1) is 18.7. The van der Waals surface area contributed by atoms with E-state index in [1.165, 1.54) is 18.4 Å². The molecule has 0 spiro atoms. The zero-order valence-electron chi connectivity index (χ0n) is 14.5. The molecule has 7 nitrogen and oxygen atoms in total. The molecular weight excluding hydrogens is 358 g/mol. The Balaban J connectivity index is 1.59. The first-order valence-corrected chi connectivity index (χ1v) is 10.7. The predicted octanol–water partition coefficient (Wildman–Crippen LogP) is 1.79. The molecule has 2 fully saturated rings. The van der Waals surface area contributed by atoms with Gasteiger partial charge in [-0.05, 0) is 37.5 Å². The highest BCUT2D eigenvalue weighted by Gasteiger charge is 2.39. The maximum Gasteiger partial charge on any atom is 0.331 e. The van der Waals surface area contributed by atoms with Gasteiger partial charge in [-0.3, -0.25) is 4.79 Å². The quantitative estimate of drug-likeness (QED) is 0.551. The zero-order valence-corrected chi connectivity index (χ0v) is 15.3. The minimum Gasteiger partial charge on any atom is -0.465 e. The minimum absolute atomic E-state index is 0.00157. The molecule has 2 aliphatic rings. The maximum absolute atomic E-state index is 12.7. The number of rotatable bonds is 6. The number of hydrogen-bond acceptors (Lipinski definition) is 6. The fourth-order valence-corrected chi connectivity index (χ4v) is 5.39. The van der Waals surface area contributed by atoms with Crippen molar-refractivity contribution in [1.82, 2.24) is 4.90 Å². The smallest absolute Gasteiger partial charge is 0.331 e. The second-order valence-electron chi connectivity index (χ2n) is 6.75. The first-order valence-electron chi connectivity index (χ1n) is 8.84. The molecule has 1 aliphatic carbocycles. The van der Waals surface area contributed by atoms with E-state index in [1.54, 1.807) is 17.0 Å². The van der Waals surface area contributed by atoms with E-state index in [0.717, 1.165) is 25.7 Å². The molecule has 0 unspecified atom stereocenters. The highest BCUT2D eigenvalue weighted by Crippen LogP contribution is 2.29. The van der Waals surface area contributed by atoms with Gasteiger partial charge >= 0.3 is 5.97 Å². The molecule has 1 atom stereocenters. The lowest BCUT2D eigenvalue weighted by Crippen LogP contribution is -2.48. The van der Waals surface area contributed by atoms with Gasteiger partial charge in [0, 0.05) is 18.2 Å². The maximum atomic E-state index is 12.7. The summed E-state index contributed by atoms with van der Waals surface area (Å²) in [4.78, 5) is 26.1. The van der Waals surface area contributed by atoms with Crippen molar-refractivity contribution in [2.75, 3.05) is 18.1 Å². The number of furan rings is 1. The van der Waals surface area contributed by atoms with Crippen LogP contribution in [0, 0.1) is 0 Å². The van der Waals surface area contributed by atoms with Gasteiger partial charge in [-0.15, -0.1) is 0 Å². The second-order valence-corrected chi connectivity index (χ2v) is 8.98. The van der Waals surface area contributed by atoms with Crippen LogP contribution in [-0.4, -0.2) is 55.4 Å². The summed E-state index contributed by atoms with van der Waals surface area (Å²) in [5, 5.41) is 0. The van der Waals surface area contributed by atoms with Gasteiger partial charge in [0.1, 0.15) is 5.76 Å². The molecule has 1 saturated heterocycles. The number of carbonyl (C=O) groups is 2. The number of ether oxygens (including phenoxy) is 1. The van der Waals surface area contributed by atoms with Gasteiger partial charge in [-0.1, -0.05) is 12.8 Å². The lowest BCUT2D eigenvalue weighted by Gasteiger charge is -2.33. The van der Waals surface area contributed by atoms with Crippen LogP contribution in [0.3, 0.4) is 0 Å². The highest BCUT2D eigenvalue weighted by atomic mass is 32.2. The summed E-state index contributed by atoms with van der Waals surface area (Å²) in [5.41, 5.74) is 0. The Morgan fingerprint density at radius 3 is 2.62 bits per heavy atom. The molecule has 1 saturated carbocycles. The largest absolute Gasteiger partial charge is 0.465 e. The van der Waals surface area contributed by atoms with Gasteiger partial charge < -0.3 is 14.1 Å². The van der Waals surface area contributed by atoms with Gasteiger partial charge in [0.05, 0.1) is 17.8 Å². The Bertz CT molecular complexity index is 762. The summed E-state index contributed by atoms with van der Waals surface area (Å²) < 4.78 is 33.7. The van der Waals surface area contributed by atoms with Crippen LogP contribution in [-0.2, 0) is 24.2 Å². The van der Waals surface area contributed by atoms with Crippen LogP contribution < -0.4 is 0 Å². The summed E-state index contributed by atoms with van der Waals surface area (Å²) in [7, 11) is -3.09. The molecular formula is C18H23NO6S. The van der Waals surface area contributed by atoms with Crippen molar-refractivity contribution >= 4 is 27.8 Å². The molecule has 1 aromatic rings. The lowest BCUT2D eigenvalue weighted by molar-refractivity contribution is -0.150. The third-order valence-electron chi connectivity index (χ3n) is 4.87. The summed E-state index contributed by atoms with van der Waals surface area (Å²) in [6.45, 7) is -0.381. The molecule has 1 aliphatic heterocycles. The first-order chi connectivity index (χ1) is 12.4. The monoisotopic (exact) mass is 381 g/mol. The van der Waals surface area contributed by atoms with Crippen LogP contribution >= 0.6 is 0 Å². The van der Waals surface area contributed by atoms with Gasteiger partial charge in [-0.25, -0.2) is 13.2 Å². The van der Waals surface area contributed by atoms with E-state index in [-0.39, 0.29) is 36.1 Å². The molecule has 8 heteroatoms. The van der Waals surface area contributed by atoms with Gasteiger partial charge in [0.2, 0.25) is 0 Å². The molecule has 0 aromatic carbocycles. The van der Waals surface area contributed by atoms with Crippen LogP contribution in [0.15, 0.2) is 28.9 Å². The van der Waals surface area contributed by atoms with E-state index < -0.39 is 15.8 Å². The van der Waals surface area contributed by atoms with Gasteiger partial charge in [0.25, 0.3) is 5.91 Å². The summed E-state index contributed by atoms with van der Waals surface area (Å²) in [5.74, 6) is -0.336. The van der Waals surface area contributed by atoms with Crippen molar-refractivity contribution in [2.24, 2.45) is 0 Å². The van der Waals surface area contributed by atoms with Crippen molar-refractivity contribution in [3.8, 4) is 0 Å². The summed E-state index contributed by atoms with van der Waals surface area (Å²) in [6, 6.07) is 3.12. The average Bonchev–Trinajstić information content (AvgIpc) is 3.34. The zero-order chi connectivity index (χ0) is 18.6. The highest BCUT2D eigenvalue weighted by molar-refractivity contribution is 7.91. The van der Waals surface area contributed by atoms with Crippen molar-refractivity contribution < 1.29 is 27.2 Å². The molecule has 0 radical (unpaired) electrons. The average molecular weight is 381 g/mol. The van der Waals surface area contributed by atoms with Crippen molar-refractivity contribution in [1.29, 1.82) is 0 Å². The second kappa shape index (κ2) is 8.07. The Morgan fingerprint density at radius 2 is 2.00 bits per heavy atom. The van der Waals surface area contributed by atoms with E-state index >= 15 is 0 Å². The van der Waals surface area contributed by atoms with E-state index in [9.17, 15) is 18.0 Å². The topological polar surface area (TPSA) is 93.9 Å². The Hall–Kier alpha value is -2.09. The number of nitrogens with zero attached hydrogens (tertiary/aromatic N) is 1. The van der Waals surface area contributed by atoms with Crippen molar-refractivity contribution in [3.63, 3.8) is 0 Å².